The maximum Gasteiger partial charge on any atom is 0.184 e. The van der Waals surface area contributed by atoms with Crippen LogP contribution in [-0.4, -0.2) is 16.4 Å². The van der Waals surface area contributed by atoms with Gasteiger partial charge in [0.25, 0.3) is 0 Å². The van der Waals surface area contributed by atoms with Crippen LogP contribution in [0.1, 0.15) is 5.56 Å². The number of nitrogens with two attached hydrogens (primary N) is 1. The minimum atomic E-state index is 0.100. The van der Waals surface area contributed by atoms with Crippen molar-refractivity contribution in [2.24, 2.45) is 10.8 Å². The van der Waals surface area contributed by atoms with Gasteiger partial charge in [-0.25, -0.2) is 0 Å². The molecule has 0 aliphatic rings. The number of hydrogen-bond acceptors (Lipinski definition) is 3. The largest absolute Gasteiger partial charge is 0.506 e. The minimum absolute atomic E-state index is 0.100. The zero-order chi connectivity index (χ0) is 11.4. The highest BCUT2D eigenvalue weighted by molar-refractivity contribution is 9.11. The summed E-state index contributed by atoms with van der Waals surface area (Å²) in [6, 6.07) is 3.43. The first kappa shape index (κ1) is 12.4. The van der Waals surface area contributed by atoms with E-state index in [0.717, 1.165) is 5.56 Å². The molecule has 0 atom stereocenters. The number of hydrazone groups is 1. The van der Waals surface area contributed by atoms with Gasteiger partial charge in [0.1, 0.15) is 5.75 Å². The lowest BCUT2D eigenvalue weighted by atomic mass is 10.2. The van der Waals surface area contributed by atoms with Crippen molar-refractivity contribution in [3.05, 3.63) is 26.6 Å². The lowest BCUT2D eigenvalue weighted by Crippen LogP contribution is -2.23. The van der Waals surface area contributed by atoms with Crippen molar-refractivity contribution in [1.82, 2.24) is 5.43 Å². The van der Waals surface area contributed by atoms with Crippen LogP contribution in [0.5, 0.6) is 5.75 Å². The molecule has 1 aromatic carbocycles. The number of benzene rings is 1. The monoisotopic (exact) mass is 351 g/mol. The summed E-state index contributed by atoms with van der Waals surface area (Å²) in [6.45, 7) is 0. The van der Waals surface area contributed by atoms with E-state index in [-0.39, 0.29) is 10.9 Å². The van der Waals surface area contributed by atoms with E-state index >= 15 is 0 Å². The van der Waals surface area contributed by atoms with Gasteiger partial charge in [-0.2, -0.15) is 5.10 Å². The van der Waals surface area contributed by atoms with E-state index in [9.17, 15) is 5.11 Å². The summed E-state index contributed by atoms with van der Waals surface area (Å²) in [5.41, 5.74) is 8.41. The van der Waals surface area contributed by atoms with Crippen LogP contribution in [0.3, 0.4) is 0 Å². The molecular weight excluding hydrogens is 346 g/mol. The zero-order valence-electron chi connectivity index (χ0n) is 7.37. The number of hydrogen-bond donors (Lipinski definition) is 3. The molecule has 7 heteroatoms. The number of aromatic hydroxyl groups is 1. The second kappa shape index (κ2) is 5.43. The van der Waals surface area contributed by atoms with Gasteiger partial charge in [-0.15, -0.1) is 0 Å². The average Bonchev–Trinajstić information content (AvgIpc) is 2.13. The van der Waals surface area contributed by atoms with Gasteiger partial charge in [0, 0.05) is 0 Å². The second-order valence-electron chi connectivity index (χ2n) is 2.57. The predicted octanol–water partition coefficient (Wildman–Crippen LogP) is 2.08. The molecule has 0 unspecified atom stereocenters. The van der Waals surface area contributed by atoms with Gasteiger partial charge in [-0.3, -0.25) is 5.43 Å². The van der Waals surface area contributed by atoms with Crippen molar-refractivity contribution in [3.8, 4) is 5.75 Å². The van der Waals surface area contributed by atoms with Crippen molar-refractivity contribution >= 4 is 55.4 Å². The lowest BCUT2D eigenvalue weighted by molar-refractivity contribution is 0.468. The number of rotatable bonds is 2. The maximum absolute atomic E-state index is 9.45. The third-order valence-electron chi connectivity index (χ3n) is 1.43. The van der Waals surface area contributed by atoms with Crippen LogP contribution >= 0.6 is 44.1 Å². The van der Waals surface area contributed by atoms with Crippen molar-refractivity contribution < 1.29 is 5.11 Å². The molecule has 15 heavy (non-hydrogen) atoms. The number of nitrogens with zero attached hydrogens (tertiary/aromatic N) is 1. The maximum atomic E-state index is 9.45. The quantitative estimate of drug-likeness (QED) is 0.433. The van der Waals surface area contributed by atoms with Gasteiger partial charge in [-0.05, 0) is 61.8 Å². The third kappa shape index (κ3) is 3.77. The third-order valence-corrected chi connectivity index (χ3v) is 2.73. The van der Waals surface area contributed by atoms with E-state index in [2.05, 4.69) is 54.6 Å². The molecule has 0 bridgehead atoms. The number of thiocarbonyl (C=S) groups is 1. The molecule has 0 saturated heterocycles. The molecule has 4 nitrogen and oxygen atoms in total. The van der Waals surface area contributed by atoms with E-state index in [1.54, 1.807) is 12.1 Å². The molecule has 0 radical (unpaired) electrons. The lowest BCUT2D eigenvalue weighted by Gasteiger charge is -2.01. The normalized spacial score (nSPS) is 10.5. The number of phenols is 1. The highest BCUT2D eigenvalue weighted by Gasteiger charge is 2.04. The Bertz CT molecular complexity index is 399. The molecule has 1 rings (SSSR count). The molecule has 4 N–H and O–H groups in total. The Morgan fingerprint density at radius 1 is 1.47 bits per heavy atom. The Labute approximate surface area is 109 Å². The molecule has 0 fully saturated rings. The van der Waals surface area contributed by atoms with Gasteiger partial charge in [0.15, 0.2) is 5.11 Å². The topological polar surface area (TPSA) is 70.6 Å². The SMILES string of the molecule is NC(=S)NN=Cc1cc(Br)c(O)c(Br)c1. The fraction of sp³-hybridized carbons (Fsp3) is 0. The molecule has 1 aromatic rings. The summed E-state index contributed by atoms with van der Waals surface area (Å²) in [5, 5.41) is 13.3. The molecule has 0 aliphatic carbocycles. The summed E-state index contributed by atoms with van der Waals surface area (Å²) >= 11 is 11.0. The van der Waals surface area contributed by atoms with Crippen LogP contribution in [-0.2, 0) is 0 Å². The van der Waals surface area contributed by atoms with E-state index in [4.69, 9.17) is 5.73 Å². The van der Waals surface area contributed by atoms with E-state index < -0.39 is 0 Å². The Kier molecular flexibility index (Phi) is 4.49. The Balaban J connectivity index is 2.87. The van der Waals surface area contributed by atoms with E-state index in [1.165, 1.54) is 6.21 Å². The fourth-order valence-electron chi connectivity index (χ4n) is 0.830. The van der Waals surface area contributed by atoms with Crippen molar-refractivity contribution in [3.63, 3.8) is 0 Å². The number of halogens is 2. The zero-order valence-corrected chi connectivity index (χ0v) is 11.4. The molecule has 0 heterocycles. The van der Waals surface area contributed by atoms with E-state index in [1.807, 2.05) is 0 Å². The summed E-state index contributed by atoms with van der Waals surface area (Å²) in [6.07, 6.45) is 1.54. The molecule has 0 amide bonds. The van der Waals surface area contributed by atoms with Crippen molar-refractivity contribution in [2.75, 3.05) is 0 Å². The summed E-state index contributed by atoms with van der Waals surface area (Å²) in [4.78, 5) is 0. The molecule has 80 valence electrons. The molecule has 0 spiro atoms. The smallest absolute Gasteiger partial charge is 0.184 e. The number of nitrogens with one attached hydrogen (secondary N) is 1. The van der Waals surface area contributed by atoms with E-state index in [0.29, 0.717) is 8.95 Å². The summed E-state index contributed by atoms with van der Waals surface area (Å²) in [5.74, 6) is 0.148. The van der Waals surface area contributed by atoms with Crippen LogP contribution in [0, 0.1) is 0 Å². The van der Waals surface area contributed by atoms with Crippen LogP contribution < -0.4 is 11.2 Å². The standard InChI is InChI=1S/C8H7Br2N3OS/c9-5-1-4(2-6(10)7(5)14)3-12-13-8(11)15/h1-3,14H,(H3,11,13,15). The van der Waals surface area contributed by atoms with Crippen molar-refractivity contribution in [1.29, 1.82) is 0 Å². The average molecular weight is 353 g/mol. The molecule has 0 aliphatic heterocycles. The Morgan fingerprint density at radius 2 is 2.00 bits per heavy atom. The van der Waals surface area contributed by atoms with Gasteiger partial charge in [0.05, 0.1) is 15.2 Å². The van der Waals surface area contributed by atoms with Gasteiger partial charge >= 0.3 is 0 Å². The van der Waals surface area contributed by atoms with Gasteiger partial charge in [0.2, 0.25) is 0 Å². The van der Waals surface area contributed by atoms with Crippen molar-refractivity contribution in [2.45, 2.75) is 0 Å². The Hall–Kier alpha value is -0.660. The van der Waals surface area contributed by atoms with Crippen LogP contribution in [0.15, 0.2) is 26.2 Å². The first-order chi connectivity index (χ1) is 7.00. The Morgan fingerprint density at radius 3 is 2.47 bits per heavy atom. The fourth-order valence-corrected chi connectivity index (χ4v) is 2.10. The highest BCUT2D eigenvalue weighted by Crippen LogP contribution is 2.32. The van der Waals surface area contributed by atoms with Crippen LogP contribution in [0.25, 0.3) is 0 Å². The minimum Gasteiger partial charge on any atom is -0.506 e. The molecular formula is C8H7Br2N3OS. The molecule has 0 saturated carbocycles. The van der Waals surface area contributed by atoms with Gasteiger partial charge < -0.3 is 10.8 Å². The first-order valence-electron chi connectivity index (χ1n) is 3.77. The molecule has 0 aromatic heterocycles. The van der Waals surface area contributed by atoms with Crippen LogP contribution in [0.2, 0.25) is 0 Å². The van der Waals surface area contributed by atoms with Crippen LogP contribution in [0.4, 0.5) is 0 Å². The summed E-state index contributed by atoms with van der Waals surface area (Å²) in [7, 11) is 0. The summed E-state index contributed by atoms with van der Waals surface area (Å²) < 4.78 is 1.15. The first-order valence-corrected chi connectivity index (χ1v) is 5.76. The van der Waals surface area contributed by atoms with Gasteiger partial charge in [-0.1, -0.05) is 0 Å². The predicted molar refractivity (Wildman–Crippen MR) is 71.0 cm³/mol. The number of phenolic OH excluding ortho intramolecular Hbond substituents is 1. The second-order valence-corrected chi connectivity index (χ2v) is 4.72. The highest BCUT2D eigenvalue weighted by atomic mass is 79.9.